The van der Waals surface area contributed by atoms with Gasteiger partial charge >= 0.3 is 0 Å². The Hall–Kier alpha value is -3.27. The molecule has 0 spiro atoms. The molecule has 2 nitrogen and oxygen atoms in total. The first-order chi connectivity index (χ1) is 13.1. The van der Waals surface area contributed by atoms with E-state index in [0.29, 0.717) is 5.82 Å². The average molecular weight is 360 g/mol. The van der Waals surface area contributed by atoms with Crippen molar-refractivity contribution >= 4 is 0 Å². The summed E-state index contributed by atoms with van der Waals surface area (Å²) in [7, 11) is 0. The van der Waals surface area contributed by atoms with Gasteiger partial charge in [-0.05, 0) is 36.2 Å². The summed E-state index contributed by atoms with van der Waals surface area (Å²) in [6.45, 7) is 2.04. The van der Waals surface area contributed by atoms with Crippen LogP contribution in [0.2, 0.25) is 0 Å². The zero-order chi connectivity index (χ0) is 18.8. The van der Waals surface area contributed by atoms with Crippen LogP contribution in [0, 0.1) is 18.6 Å². The molecule has 0 aliphatic rings. The highest BCUT2D eigenvalue weighted by Crippen LogP contribution is 2.32. The molecule has 0 aliphatic carbocycles. The minimum absolute atomic E-state index is 0.190. The van der Waals surface area contributed by atoms with E-state index in [1.165, 1.54) is 6.07 Å². The van der Waals surface area contributed by atoms with Crippen molar-refractivity contribution in [3.05, 3.63) is 101 Å². The van der Waals surface area contributed by atoms with Crippen molar-refractivity contribution in [2.75, 3.05) is 0 Å². The summed E-state index contributed by atoms with van der Waals surface area (Å²) in [6.07, 6.45) is 0.190. The van der Waals surface area contributed by atoms with Gasteiger partial charge < -0.3 is 4.98 Å². The molecule has 0 radical (unpaired) electrons. The molecule has 0 atom stereocenters. The molecule has 4 aromatic rings. The molecule has 0 saturated heterocycles. The van der Waals surface area contributed by atoms with E-state index >= 15 is 0 Å². The molecule has 0 amide bonds. The molecule has 0 fully saturated rings. The quantitative estimate of drug-likeness (QED) is 0.481. The third kappa shape index (κ3) is 3.51. The van der Waals surface area contributed by atoms with E-state index in [4.69, 9.17) is 4.98 Å². The number of aromatic nitrogens is 2. The highest BCUT2D eigenvalue weighted by Gasteiger charge is 2.16. The van der Waals surface area contributed by atoms with Crippen LogP contribution in [0.4, 0.5) is 8.78 Å². The van der Waals surface area contributed by atoms with E-state index < -0.39 is 11.6 Å². The molecule has 134 valence electrons. The van der Waals surface area contributed by atoms with Gasteiger partial charge in [0.25, 0.3) is 0 Å². The second-order valence-electron chi connectivity index (χ2n) is 6.50. The van der Waals surface area contributed by atoms with E-state index in [9.17, 15) is 8.78 Å². The summed E-state index contributed by atoms with van der Waals surface area (Å²) < 4.78 is 27.6. The summed E-state index contributed by atoms with van der Waals surface area (Å²) in [5, 5.41) is 0. The number of halogens is 2. The van der Waals surface area contributed by atoms with Crippen molar-refractivity contribution in [1.29, 1.82) is 0 Å². The molecule has 0 aliphatic heterocycles. The van der Waals surface area contributed by atoms with Gasteiger partial charge in [-0.2, -0.15) is 0 Å². The van der Waals surface area contributed by atoms with Crippen LogP contribution in [0.1, 0.15) is 17.0 Å². The monoisotopic (exact) mass is 360 g/mol. The number of rotatable bonds is 4. The molecule has 1 N–H and O–H groups in total. The van der Waals surface area contributed by atoms with Crippen LogP contribution in [-0.4, -0.2) is 9.97 Å². The molecule has 0 bridgehead atoms. The third-order valence-corrected chi connectivity index (χ3v) is 4.58. The minimum Gasteiger partial charge on any atom is -0.341 e. The third-order valence-electron chi connectivity index (χ3n) is 4.58. The summed E-state index contributed by atoms with van der Waals surface area (Å²) in [5.41, 5.74) is 5.08. The van der Waals surface area contributed by atoms with Crippen LogP contribution < -0.4 is 0 Å². The van der Waals surface area contributed by atoms with Crippen LogP contribution >= 0.6 is 0 Å². The van der Waals surface area contributed by atoms with E-state index in [2.05, 4.69) is 4.98 Å². The Morgan fingerprint density at radius 1 is 0.889 bits per heavy atom. The van der Waals surface area contributed by atoms with Gasteiger partial charge in [0.15, 0.2) is 0 Å². The fraction of sp³-hybridized carbons (Fsp3) is 0.0870. The lowest BCUT2D eigenvalue weighted by molar-refractivity contribution is 0.587. The Morgan fingerprint density at radius 3 is 2.41 bits per heavy atom. The van der Waals surface area contributed by atoms with Crippen molar-refractivity contribution in [3.63, 3.8) is 0 Å². The number of hydrogen-bond acceptors (Lipinski definition) is 1. The lowest BCUT2D eigenvalue weighted by atomic mass is 10.0. The van der Waals surface area contributed by atoms with E-state index in [0.717, 1.165) is 40.2 Å². The lowest BCUT2D eigenvalue weighted by Gasteiger charge is -2.06. The summed E-state index contributed by atoms with van der Waals surface area (Å²) in [4.78, 5) is 8.05. The lowest BCUT2D eigenvalue weighted by Crippen LogP contribution is -1.96. The number of aromatic amines is 1. The van der Waals surface area contributed by atoms with Gasteiger partial charge in [0.05, 0.1) is 11.4 Å². The van der Waals surface area contributed by atoms with Crippen molar-refractivity contribution < 1.29 is 8.78 Å². The molecule has 4 rings (SSSR count). The average Bonchev–Trinajstić information content (AvgIpc) is 3.09. The van der Waals surface area contributed by atoms with Gasteiger partial charge in [-0.15, -0.1) is 0 Å². The summed E-state index contributed by atoms with van der Waals surface area (Å²) in [5.74, 6) is -0.302. The SMILES string of the molecule is Cc1ccccc1-c1[nH]c(Cc2cc(F)ccc2F)nc1-c1ccccc1. The zero-order valence-electron chi connectivity index (χ0n) is 14.8. The molecule has 0 unspecified atom stereocenters. The molecular weight excluding hydrogens is 342 g/mol. The molecular formula is C23H18F2N2. The van der Waals surface area contributed by atoms with Gasteiger partial charge in [0, 0.05) is 17.5 Å². The first-order valence-corrected chi connectivity index (χ1v) is 8.76. The minimum atomic E-state index is -0.458. The Kier molecular flexibility index (Phi) is 4.55. The van der Waals surface area contributed by atoms with E-state index in [1.54, 1.807) is 0 Å². The van der Waals surface area contributed by atoms with E-state index in [1.807, 2.05) is 61.5 Å². The van der Waals surface area contributed by atoms with E-state index in [-0.39, 0.29) is 12.0 Å². The Labute approximate surface area is 156 Å². The van der Waals surface area contributed by atoms with Crippen molar-refractivity contribution in [1.82, 2.24) is 9.97 Å². The molecule has 3 aromatic carbocycles. The van der Waals surface area contributed by atoms with Gasteiger partial charge in [0.2, 0.25) is 0 Å². The Balaban J connectivity index is 1.83. The maximum Gasteiger partial charge on any atom is 0.127 e. The predicted octanol–water partition coefficient (Wildman–Crippen LogP) is 5.92. The molecule has 4 heteroatoms. The van der Waals surface area contributed by atoms with Crippen LogP contribution in [0.25, 0.3) is 22.5 Å². The normalized spacial score (nSPS) is 10.9. The van der Waals surface area contributed by atoms with Crippen LogP contribution in [0.5, 0.6) is 0 Å². The van der Waals surface area contributed by atoms with Gasteiger partial charge in [-0.1, -0.05) is 54.6 Å². The van der Waals surface area contributed by atoms with Crippen molar-refractivity contribution in [3.8, 4) is 22.5 Å². The zero-order valence-corrected chi connectivity index (χ0v) is 14.8. The first kappa shape index (κ1) is 17.2. The number of imidazole rings is 1. The van der Waals surface area contributed by atoms with Gasteiger partial charge in [-0.25, -0.2) is 13.8 Å². The van der Waals surface area contributed by atoms with Crippen LogP contribution in [-0.2, 0) is 6.42 Å². The smallest absolute Gasteiger partial charge is 0.127 e. The van der Waals surface area contributed by atoms with Crippen molar-refractivity contribution in [2.24, 2.45) is 0 Å². The maximum absolute atomic E-state index is 14.1. The number of aryl methyl sites for hydroxylation is 1. The summed E-state index contributed by atoms with van der Waals surface area (Å²) >= 11 is 0. The number of H-pyrrole nitrogens is 1. The van der Waals surface area contributed by atoms with Crippen LogP contribution in [0.15, 0.2) is 72.8 Å². The highest BCUT2D eigenvalue weighted by molar-refractivity contribution is 5.80. The standard InChI is InChI=1S/C23H18F2N2/c1-15-7-5-6-10-19(15)23-22(16-8-3-2-4-9-16)26-21(27-23)14-17-13-18(24)11-12-20(17)25/h2-13H,14H2,1H3,(H,26,27). The molecule has 0 saturated carbocycles. The van der Waals surface area contributed by atoms with Gasteiger partial charge in [-0.3, -0.25) is 0 Å². The van der Waals surface area contributed by atoms with Gasteiger partial charge in [0.1, 0.15) is 17.5 Å². The number of nitrogens with one attached hydrogen (secondary N) is 1. The van der Waals surface area contributed by atoms with Crippen LogP contribution in [0.3, 0.4) is 0 Å². The molecule has 1 aromatic heterocycles. The first-order valence-electron chi connectivity index (χ1n) is 8.76. The fourth-order valence-corrected chi connectivity index (χ4v) is 3.22. The Morgan fingerprint density at radius 2 is 1.63 bits per heavy atom. The number of benzene rings is 3. The second kappa shape index (κ2) is 7.16. The predicted molar refractivity (Wildman–Crippen MR) is 103 cm³/mol. The molecule has 1 heterocycles. The number of hydrogen-bond donors (Lipinski definition) is 1. The maximum atomic E-state index is 14.1. The van der Waals surface area contributed by atoms with Crippen molar-refractivity contribution in [2.45, 2.75) is 13.3 Å². The largest absolute Gasteiger partial charge is 0.341 e. The topological polar surface area (TPSA) is 28.7 Å². The fourth-order valence-electron chi connectivity index (χ4n) is 3.22. The molecule has 27 heavy (non-hydrogen) atoms. The number of nitrogens with zero attached hydrogens (tertiary/aromatic N) is 1. The summed E-state index contributed by atoms with van der Waals surface area (Å²) in [6, 6.07) is 21.4. The Bertz CT molecular complexity index is 1080. The second-order valence-corrected chi connectivity index (χ2v) is 6.50. The highest BCUT2D eigenvalue weighted by atomic mass is 19.1.